The van der Waals surface area contributed by atoms with Crippen molar-refractivity contribution in [2.24, 2.45) is 0 Å². The van der Waals surface area contributed by atoms with Gasteiger partial charge in [0.15, 0.2) is 0 Å². The first-order valence-corrected chi connectivity index (χ1v) is 7.97. The van der Waals surface area contributed by atoms with Crippen LogP contribution in [0.1, 0.15) is 43.1 Å². The second-order valence-corrected chi connectivity index (χ2v) is 5.27. The highest BCUT2D eigenvalue weighted by Crippen LogP contribution is 2.17. The fourth-order valence-corrected chi connectivity index (χ4v) is 2.36. The van der Waals surface area contributed by atoms with Crippen molar-refractivity contribution in [3.63, 3.8) is 0 Å². The largest absolute Gasteiger partial charge is 0.385 e. The second kappa shape index (κ2) is 9.40. The minimum Gasteiger partial charge on any atom is -0.385 e. The summed E-state index contributed by atoms with van der Waals surface area (Å²) in [6, 6.07) is 5.89. The van der Waals surface area contributed by atoms with Crippen LogP contribution in [0.3, 0.4) is 0 Å². The highest BCUT2D eigenvalue weighted by Gasteiger charge is 2.11. The van der Waals surface area contributed by atoms with E-state index >= 15 is 0 Å². The maximum Gasteiger partial charge on any atom is 0.253 e. The van der Waals surface area contributed by atoms with Crippen LogP contribution >= 0.6 is 0 Å². The topological polar surface area (TPSA) is 44.4 Å². The van der Waals surface area contributed by atoms with Gasteiger partial charge in [-0.1, -0.05) is 19.9 Å². The molecule has 0 aliphatic rings. The number of nitrogens with one attached hydrogen (secondary N) is 2. The summed E-state index contributed by atoms with van der Waals surface area (Å²) < 4.78 is 0. The molecule has 1 amide bonds. The first-order chi connectivity index (χ1) is 10.1. The highest BCUT2D eigenvalue weighted by molar-refractivity contribution is 5.99. The minimum absolute atomic E-state index is 0.00139. The van der Waals surface area contributed by atoms with Crippen molar-refractivity contribution in [1.29, 1.82) is 0 Å². The van der Waals surface area contributed by atoms with Gasteiger partial charge in [0, 0.05) is 25.3 Å². The summed E-state index contributed by atoms with van der Waals surface area (Å²) in [7, 11) is 0. The van der Waals surface area contributed by atoms with Crippen LogP contribution in [0, 0.1) is 6.92 Å². The molecule has 0 atom stereocenters. The van der Waals surface area contributed by atoms with Gasteiger partial charge in [-0.25, -0.2) is 0 Å². The van der Waals surface area contributed by atoms with Crippen LogP contribution in [-0.2, 0) is 0 Å². The third-order valence-electron chi connectivity index (χ3n) is 3.49. The molecule has 2 N–H and O–H groups in total. The molecule has 21 heavy (non-hydrogen) atoms. The first-order valence-electron chi connectivity index (χ1n) is 7.97. The lowest BCUT2D eigenvalue weighted by atomic mass is 10.1. The van der Waals surface area contributed by atoms with Gasteiger partial charge in [-0.05, 0) is 51.1 Å². The quantitative estimate of drug-likeness (QED) is 0.735. The smallest absolute Gasteiger partial charge is 0.253 e. The molecule has 4 heteroatoms. The molecule has 0 aliphatic heterocycles. The summed E-state index contributed by atoms with van der Waals surface area (Å²) in [4.78, 5) is 14.7. The molecule has 0 saturated heterocycles. The van der Waals surface area contributed by atoms with E-state index in [0.717, 1.165) is 49.4 Å². The van der Waals surface area contributed by atoms with Gasteiger partial charge in [0.2, 0.25) is 0 Å². The predicted molar refractivity (Wildman–Crippen MR) is 90.1 cm³/mol. The van der Waals surface area contributed by atoms with E-state index in [4.69, 9.17) is 0 Å². The van der Waals surface area contributed by atoms with Crippen molar-refractivity contribution in [1.82, 2.24) is 10.2 Å². The molecule has 0 heterocycles. The second-order valence-electron chi connectivity index (χ2n) is 5.27. The summed E-state index contributed by atoms with van der Waals surface area (Å²) in [6.07, 6.45) is 1.14. The van der Waals surface area contributed by atoms with E-state index < -0.39 is 0 Å². The van der Waals surface area contributed by atoms with E-state index in [9.17, 15) is 4.79 Å². The zero-order valence-corrected chi connectivity index (χ0v) is 13.8. The number of hydrogen-bond donors (Lipinski definition) is 2. The van der Waals surface area contributed by atoms with Gasteiger partial charge in [0.1, 0.15) is 0 Å². The zero-order valence-electron chi connectivity index (χ0n) is 13.8. The average Bonchev–Trinajstić information content (AvgIpc) is 2.46. The number of aryl methyl sites for hydroxylation is 1. The molecule has 4 nitrogen and oxygen atoms in total. The molecule has 0 bridgehead atoms. The molecule has 0 fully saturated rings. The van der Waals surface area contributed by atoms with Crippen molar-refractivity contribution < 1.29 is 4.79 Å². The summed E-state index contributed by atoms with van der Waals surface area (Å²) in [5.74, 6) is -0.00139. The first kappa shape index (κ1) is 17.5. The number of amides is 1. The van der Waals surface area contributed by atoms with Crippen molar-refractivity contribution in [2.75, 3.05) is 38.0 Å². The van der Waals surface area contributed by atoms with Crippen molar-refractivity contribution in [2.45, 2.75) is 34.1 Å². The number of carbonyl (C=O) groups excluding carboxylic acids is 1. The molecule has 0 radical (unpaired) electrons. The van der Waals surface area contributed by atoms with E-state index in [-0.39, 0.29) is 5.91 Å². The minimum atomic E-state index is -0.00139. The van der Waals surface area contributed by atoms with Crippen LogP contribution in [0.2, 0.25) is 0 Å². The van der Waals surface area contributed by atoms with Crippen LogP contribution in [0.15, 0.2) is 18.2 Å². The highest BCUT2D eigenvalue weighted by atomic mass is 16.1. The van der Waals surface area contributed by atoms with Crippen LogP contribution in [-0.4, -0.2) is 43.5 Å². The van der Waals surface area contributed by atoms with Crippen molar-refractivity contribution >= 4 is 11.6 Å². The van der Waals surface area contributed by atoms with Gasteiger partial charge in [-0.15, -0.1) is 0 Å². The number of likely N-dealkylation sites (N-methyl/N-ethyl adjacent to an activating group) is 1. The average molecular weight is 291 g/mol. The molecule has 0 unspecified atom stereocenters. The van der Waals surface area contributed by atoms with Gasteiger partial charge in [0.25, 0.3) is 5.91 Å². The SMILES string of the molecule is CCCN(CC)CCNC(=O)c1ccc(C)cc1NCC. The fourth-order valence-electron chi connectivity index (χ4n) is 2.36. The van der Waals surface area contributed by atoms with Crippen molar-refractivity contribution in [3.8, 4) is 0 Å². The lowest BCUT2D eigenvalue weighted by Gasteiger charge is -2.20. The number of benzene rings is 1. The van der Waals surface area contributed by atoms with Gasteiger partial charge in [0.05, 0.1) is 5.56 Å². The van der Waals surface area contributed by atoms with Crippen LogP contribution in [0.5, 0.6) is 0 Å². The van der Waals surface area contributed by atoms with E-state index in [1.54, 1.807) is 0 Å². The summed E-state index contributed by atoms with van der Waals surface area (Å²) in [5.41, 5.74) is 2.79. The molecular formula is C17H29N3O. The molecular weight excluding hydrogens is 262 g/mol. The molecule has 0 aromatic heterocycles. The van der Waals surface area contributed by atoms with Gasteiger partial charge >= 0.3 is 0 Å². The lowest BCUT2D eigenvalue weighted by Crippen LogP contribution is -2.35. The monoisotopic (exact) mass is 291 g/mol. The maximum atomic E-state index is 12.3. The molecule has 1 aromatic carbocycles. The fraction of sp³-hybridized carbons (Fsp3) is 0.588. The molecule has 0 saturated carbocycles. The summed E-state index contributed by atoms with van der Waals surface area (Å²) in [6.45, 7) is 12.9. The maximum absolute atomic E-state index is 12.3. The lowest BCUT2D eigenvalue weighted by molar-refractivity contribution is 0.0949. The van der Waals surface area contributed by atoms with E-state index in [1.807, 2.05) is 32.0 Å². The third kappa shape index (κ3) is 5.76. The summed E-state index contributed by atoms with van der Waals surface area (Å²) in [5, 5.41) is 6.28. The Hall–Kier alpha value is -1.55. The number of anilines is 1. The van der Waals surface area contributed by atoms with Gasteiger partial charge in [-0.2, -0.15) is 0 Å². The van der Waals surface area contributed by atoms with E-state index in [2.05, 4.69) is 29.4 Å². The Morgan fingerprint density at radius 3 is 2.57 bits per heavy atom. The van der Waals surface area contributed by atoms with Gasteiger partial charge < -0.3 is 15.5 Å². The Bertz CT molecular complexity index is 446. The normalized spacial score (nSPS) is 10.7. The van der Waals surface area contributed by atoms with Crippen LogP contribution in [0.25, 0.3) is 0 Å². The standard InChI is InChI=1S/C17H29N3O/c1-5-11-20(7-3)12-10-19-17(21)15-9-8-14(4)13-16(15)18-6-2/h8-9,13,18H,5-7,10-12H2,1-4H3,(H,19,21). The Morgan fingerprint density at radius 1 is 1.19 bits per heavy atom. The molecule has 1 aromatic rings. The molecule has 0 aliphatic carbocycles. The Morgan fingerprint density at radius 2 is 1.95 bits per heavy atom. The predicted octanol–water partition coefficient (Wildman–Crippen LogP) is 2.89. The van der Waals surface area contributed by atoms with Crippen molar-refractivity contribution in [3.05, 3.63) is 29.3 Å². The number of hydrogen-bond acceptors (Lipinski definition) is 3. The Labute approximate surface area is 128 Å². The Balaban J connectivity index is 2.59. The van der Waals surface area contributed by atoms with Crippen LogP contribution in [0.4, 0.5) is 5.69 Å². The number of carbonyl (C=O) groups is 1. The molecule has 118 valence electrons. The number of nitrogens with zero attached hydrogens (tertiary/aromatic N) is 1. The summed E-state index contributed by atoms with van der Waals surface area (Å²) >= 11 is 0. The number of rotatable bonds is 9. The van der Waals surface area contributed by atoms with E-state index in [0.29, 0.717) is 6.54 Å². The molecule has 0 spiro atoms. The third-order valence-corrected chi connectivity index (χ3v) is 3.49. The zero-order chi connectivity index (χ0) is 15.7. The van der Waals surface area contributed by atoms with Gasteiger partial charge in [-0.3, -0.25) is 4.79 Å². The Kier molecular flexibility index (Phi) is 7.83. The molecule has 1 rings (SSSR count). The van der Waals surface area contributed by atoms with E-state index in [1.165, 1.54) is 0 Å². The van der Waals surface area contributed by atoms with Crippen LogP contribution < -0.4 is 10.6 Å².